The molecule has 2 aromatic rings. The molecule has 0 radical (unpaired) electrons. The summed E-state index contributed by atoms with van der Waals surface area (Å²) >= 11 is 6.35. The molecular formula is C17H22ClN3O. The van der Waals surface area contributed by atoms with E-state index < -0.39 is 5.54 Å². The van der Waals surface area contributed by atoms with Gasteiger partial charge in [-0.3, -0.25) is 9.48 Å². The maximum Gasteiger partial charge on any atom is 0.249 e. The third-order valence-electron chi connectivity index (χ3n) is 3.78. The van der Waals surface area contributed by atoms with Gasteiger partial charge < -0.3 is 4.90 Å². The van der Waals surface area contributed by atoms with Gasteiger partial charge in [-0.05, 0) is 44.9 Å². The lowest BCUT2D eigenvalue weighted by molar-refractivity contribution is -0.137. The zero-order chi connectivity index (χ0) is 16.7. The van der Waals surface area contributed by atoms with Gasteiger partial charge in [-0.25, -0.2) is 0 Å². The molecule has 5 heteroatoms. The largest absolute Gasteiger partial charge is 0.347 e. The predicted octanol–water partition coefficient (Wildman–Crippen LogP) is 3.64. The number of rotatable bonds is 3. The standard InChI is InChI=1S/C17H22ClN3O/c1-11-7-8-13(14(18)9-11)15-12(2)10-21(19-15)17(3,4)16(22)20(5)6/h7-10H,1-6H3. The van der Waals surface area contributed by atoms with Crippen molar-refractivity contribution < 1.29 is 4.79 Å². The fraction of sp³-hybridized carbons (Fsp3) is 0.412. The molecular weight excluding hydrogens is 298 g/mol. The fourth-order valence-electron chi connectivity index (χ4n) is 2.47. The predicted molar refractivity (Wildman–Crippen MR) is 90.2 cm³/mol. The number of carbonyl (C=O) groups is 1. The van der Waals surface area contributed by atoms with E-state index in [-0.39, 0.29) is 5.91 Å². The van der Waals surface area contributed by atoms with Gasteiger partial charge in [0.15, 0.2) is 0 Å². The molecule has 0 aliphatic carbocycles. The number of aromatic nitrogens is 2. The molecule has 0 aliphatic heterocycles. The van der Waals surface area contributed by atoms with Gasteiger partial charge in [-0.1, -0.05) is 23.7 Å². The molecule has 1 aromatic carbocycles. The van der Waals surface area contributed by atoms with E-state index in [1.807, 2.05) is 52.1 Å². The van der Waals surface area contributed by atoms with Gasteiger partial charge in [-0.15, -0.1) is 0 Å². The fourth-order valence-corrected chi connectivity index (χ4v) is 2.79. The zero-order valence-electron chi connectivity index (χ0n) is 13.9. The van der Waals surface area contributed by atoms with Gasteiger partial charge in [0.2, 0.25) is 5.91 Å². The Morgan fingerprint density at radius 3 is 2.45 bits per heavy atom. The Bertz CT molecular complexity index is 717. The van der Waals surface area contributed by atoms with Gasteiger partial charge in [0, 0.05) is 25.9 Å². The third kappa shape index (κ3) is 2.88. The number of aryl methyl sites for hydroxylation is 2. The van der Waals surface area contributed by atoms with Crippen LogP contribution in [0.2, 0.25) is 5.02 Å². The van der Waals surface area contributed by atoms with Gasteiger partial charge in [0.25, 0.3) is 0 Å². The summed E-state index contributed by atoms with van der Waals surface area (Å²) in [6.07, 6.45) is 1.90. The first-order valence-corrected chi connectivity index (χ1v) is 7.57. The van der Waals surface area contributed by atoms with E-state index in [0.29, 0.717) is 5.02 Å². The molecule has 0 fully saturated rings. The van der Waals surface area contributed by atoms with Crippen LogP contribution in [0.3, 0.4) is 0 Å². The molecule has 1 amide bonds. The summed E-state index contributed by atoms with van der Waals surface area (Å²) in [5.41, 5.74) is 3.05. The van der Waals surface area contributed by atoms with Crippen LogP contribution >= 0.6 is 11.6 Å². The Kier molecular flexibility index (Phi) is 4.34. The van der Waals surface area contributed by atoms with Crippen LogP contribution in [-0.4, -0.2) is 34.7 Å². The van der Waals surface area contributed by atoms with Crippen molar-refractivity contribution in [1.29, 1.82) is 0 Å². The maximum atomic E-state index is 12.4. The van der Waals surface area contributed by atoms with Crippen LogP contribution in [0, 0.1) is 13.8 Å². The number of likely N-dealkylation sites (N-methyl/N-ethyl adjacent to an activating group) is 1. The number of halogens is 1. The third-order valence-corrected chi connectivity index (χ3v) is 4.09. The Morgan fingerprint density at radius 2 is 1.91 bits per heavy atom. The number of hydrogen-bond donors (Lipinski definition) is 0. The molecule has 0 bridgehead atoms. The summed E-state index contributed by atoms with van der Waals surface area (Å²) in [7, 11) is 3.50. The molecule has 22 heavy (non-hydrogen) atoms. The number of carbonyl (C=O) groups excluding carboxylic acids is 1. The summed E-state index contributed by atoms with van der Waals surface area (Å²) in [4.78, 5) is 14.0. The highest BCUT2D eigenvalue weighted by molar-refractivity contribution is 6.33. The van der Waals surface area contributed by atoms with E-state index in [4.69, 9.17) is 11.6 Å². The molecule has 0 unspecified atom stereocenters. The lowest BCUT2D eigenvalue weighted by Crippen LogP contribution is -2.44. The molecule has 0 N–H and O–H groups in total. The first-order valence-electron chi connectivity index (χ1n) is 7.19. The number of nitrogens with zero attached hydrogens (tertiary/aromatic N) is 3. The second-order valence-corrected chi connectivity index (χ2v) is 6.75. The van der Waals surface area contributed by atoms with Crippen LogP contribution in [0.5, 0.6) is 0 Å². The minimum Gasteiger partial charge on any atom is -0.347 e. The summed E-state index contributed by atoms with van der Waals surface area (Å²) < 4.78 is 1.72. The van der Waals surface area contributed by atoms with E-state index in [0.717, 1.165) is 22.4 Å². The summed E-state index contributed by atoms with van der Waals surface area (Å²) in [5, 5.41) is 5.30. The molecule has 1 heterocycles. The lowest BCUT2D eigenvalue weighted by atomic mass is 10.0. The summed E-state index contributed by atoms with van der Waals surface area (Å²) in [6, 6.07) is 5.90. The highest BCUT2D eigenvalue weighted by Crippen LogP contribution is 2.31. The van der Waals surface area contributed by atoms with Gasteiger partial charge in [0.05, 0.1) is 10.7 Å². The average molecular weight is 320 g/mol. The van der Waals surface area contributed by atoms with E-state index in [1.165, 1.54) is 0 Å². The quantitative estimate of drug-likeness (QED) is 0.866. The Hall–Kier alpha value is -1.81. The van der Waals surface area contributed by atoms with Crippen LogP contribution in [-0.2, 0) is 10.3 Å². The van der Waals surface area contributed by atoms with E-state index >= 15 is 0 Å². The molecule has 0 saturated carbocycles. The topological polar surface area (TPSA) is 38.1 Å². The van der Waals surface area contributed by atoms with Crippen LogP contribution in [0.4, 0.5) is 0 Å². The SMILES string of the molecule is Cc1ccc(-c2nn(C(C)(C)C(=O)N(C)C)cc2C)c(Cl)c1. The van der Waals surface area contributed by atoms with Crippen molar-refractivity contribution in [2.75, 3.05) is 14.1 Å². The van der Waals surface area contributed by atoms with Crippen molar-refractivity contribution in [3.63, 3.8) is 0 Å². The van der Waals surface area contributed by atoms with Gasteiger partial charge in [-0.2, -0.15) is 5.10 Å². The smallest absolute Gasteiger partial charge is 0.249 e. The van der Waals surface area contributed by atoms with Crippen molar-refractivity contribution in [3.05, 3.63) is 40.5 Å². The minimum absolute atomic E-state index is 0.00319. The molecule has 1 aromatic heterocycles. The molecule has 0 spiro atoms. The van der Waals surface area contributed by atoms with Gasteiger partial charge in [0.1, 0.15) is 5.54 Å². The van der Waals surface area contributed by atoms with Crippen molar-refractivity contribution in [2.24, 2.45) is 0 Å². The van der Waals surface area contributed by atoms with Crippen molar-refractivity contribution in [3.8, 4) is 11.3 Å². The molecule has 0 saturated heterocycles. The zero-order valence-corrected chi connectivity index (χ0v) is 14.7. The Morgan fingerprint density at radius 1 is 1.27 bits per heavy atom. The normalized spacial score (nSPS) is 11.6. The van der Waals surface area contributed by atoms with Gasteiger partial charge >= 0.3 is 0 Å². The number of hydrogen-bond acceptors (Lipinski definition) is 2. The monoisotopic (exact) mass is 319 g/mol. The lowest BCUT2D eigenvalue weighted by Gasteiger charge is -2.27. The second kappa shape index (κ2) is 5.76. The van der Waals surface area contributed by atoms with Crippen LogP contribution in [0.25, 0.3) is 11.3 Å². The molecule has 0 atom stereocenters. The molecule has 118 valence electrons. The second-order valence-electron chi connectivity index (χ2n) is 6.35. The summed E-state index contributed by atoms with van der Waals surface area (Å²) in [5.74, 6) is -0.00319. The number of amides is 1. The van der Waals surface area contributed by atoms with Crippen LogP contribution in [0.1, 0.15) is 25.0 Å². The Balaban J connectivity index is 2.51. The molecule has 4 nitrogen and oxygen atoms in total. The maximum absolute atomic E-state index is 12.4. The van der Waals surface area contributed by atoms with E-state index in [1.54, 1.807) is 23.7 Å². The Labute approximate surface area is 136 Å². The highest BCUT2D eigenvalue weighted by atomic mass is 35.5. The number of benzene rings is 1. The minimum atomic E-state index is -0.746. The molecule has 2 rings (SSSR count). The summed E-state index contributed by atoms with van der Waals surface area (Å²) in [6.45, 7) is 7.70. The van der Waals surface area contributed by atoms with Crippen LogP contribution < -0.4 is 0 Å². The van der Waals surface area contributed by atoms with E-state index in [2.05, 4.69) is 5.10 Å². The first-order chi connectivity index (χ1) is 10.1. The molecule has 0 aliphatic rings. The van der Waals surface area contributed by atoms with Crippen molar-refractivity contribution in [1.82, 2.24) is 14.7 Å². The van der Waals surface area contributed by atoms with E-state index in [9.17, 15) is 4.79 Å². The van der Waals surface area contributed by atoms with Crippen molar-refractivity contribution in [2.45, 2.75) is 33.2 Å². The highest BCUT2D eigenvalue weighted by Gasteiger charge is 2.32. The van der Waals surface area contributed by atoms with Crippen molar-refractivity contribution >= 4 is 17.5 Å². The first kappa shape index (κ1) is 16.6. The van der Waals surface area contributed by atoms with Crippen LogP contribution in [0.15, 0.2) is 24.4 Å². The average Bonchev–Trinajstić information content (AvgIpc) is 2.80.